The fourth-order valence-electron chi connectivity index (χ4n) is 3.07. The van der Waals surface area contributed by atoms with Gasteiger partial charge >= 0.3 is 12.0 Å². The standard InChI is InChI=1S/C21H21BrN2O3S/c1-12-4-5-13(2)16(10-12)19-18(20(25)27-3)17(23-21(26)24-19)11-28-15-8-6-14(22)7-9-15/h4-10,19H,11H2,1-3H3,(H2,23,24,26)/t19-/m1/s1. The zero-order valence-corrected chi connectivity index (χ0v) is 18.2. The van der Waals surface area contributed by atoms with Crippen LogP contribution in [-0.2, 0) is 9.53 Å². The van der Waals surface area contributed by atoms with Crippen molar-refractivity contribution < 1.29 is 14.3 Å². The van der Waals surface area contributed by atoms with Crippen LogP contribution in [0.25, 0.3) is 0 Å². The molecule has 0 aliphatic carbocycles. The van der Waals surface area contributed by atoms with Gasteiger partial charge in [-0.3, -0.25) is 0 Å². The lowest BCUT2D eigenvalue weighted by atomic mass is 9.91. The second-order valence-corrected chi connectivity index (χ2v) is 8.48. The molecule has 5 nitrogen and oxygen atoms in total. The number of benzene rings is 2. The van der Waals surface area contributed by atoms with Crippen LogP contribution in [0.15, 0.2) is 63.1 Å². The van der Waals surface area contributed by atoms with Crippen molar-refractivity contribution in [3.8, 4) is 0 Å². The molecule has 0 spiro atoms. The average molecular weight is 461 g/mol. The zero-order chi connectivity index (χ0) is 20.3. The number of halogens is 1. The number of nitrogens with one attached hydrogen (secondary N) is 2. The molecule has 0 bridgehead atoms. The minimum Gasteiger partial charge on any atom is -0.466 e. The molecule has 0 unspecified atom stereocenters. The molecule has 2 N–H and O–H groups in total. The van der Waals surface area contributed by atoms with Gasteiger partial charge in [0, 0.05) is 20.8 Å². The van der Waals surface area contributed by atoms with E-state index in [0.717, 1.165) is 26.1 Å². The van der Waals surface area contributed by atoms with Crippen LogP contribution in [0, 0.1) is 13.8 Å². The number of carbonyl (C=O) groups excluding carboxylic acids is 2. The molecule has 0 saturated carbocycles. The molecule has 1 aliphatic heterocycles. The van der Waals surface area contributed by atoms with E-state index in [9.17, 15) is 9.59 Å². The summed E-state index contributed by atoms with van der Waals surface area (Å²) in [6.07, 6.45) is 0. The number of urea groups is 1. The Morgan fingerprint density at radius 2 is 1.89 bits per heavy atom. The van der Waals surface area contributed by atoms with Crippen molar-refractivity contribution in [1.29, 1.82) is 0 Å². The van der Waals surface area contributed by atoms with Gasteiger partial charge in [-0.15, -0.1) is 11.8 Å². The summed E-state index contributed by atoms with van der Waals surface area (Å²) in [5.41, 5.74) is 3.94. The minimum atomic E-state index is -0.554. The lowest BCUT2D eigenvalue weighted by Crippen LogP contribution is -2.46. The number of rotatable bonds is 5. The SMILES string of the molecule is COC(=O)C1=C(CSc2ccc(Br)cc2)NC(=O)N[C@@H]1c1cc(C)ccc1C. The molecule has 1 heterocycles. The van der Waals surface area contributed by atoms with E-state index in [1.807, 2.05) is 56.3 Å². The number of methoxy groups -OCH3 is 1. The predicted molar refractivity (Wildman–Crippen MR) is 114 cm³/mol. The van der Waals surface area contributed by atoms with Crippen LogP contribution in [0.3, 0.4) is 0 Å². The van der Waals surface area contributed by atoms with Crippen molar-refractivity contribution in [2.24, 2.45) is 0 Å². The van der Waals surface area contributed by atoms with E-state index in [1.54, 1.807) is 11.8 Å². The quantitative estimate of drug-likeness (QED) is 0.503. The van der Waals surface area contributed by atoms with E-state index >= 15 is 0 Å². The van der Waals surface area contributed by atoms with Gasteiger partial charge in [-0.25, -0.2) is 9.59 Å². The van der Waals surface area contributed by atoms with Gasteiger partial charge in [0.25, 0.3) is 0 Å². The third-order valence-electron chi connectivity index (χ3n) is 4.50. The van der Waals surface area contributed by atoms with Crippen LogP contribution < -0.4 is 10.6 Å². The highest BCUT2D eigenvalue weighted by Gasteiger charge is 2.34. The number of carbonyl (C=O) groups is 2. The third-order valence-corrected chi connectivity index (χ3v) is 6.07. The van der Waals surface area contributed by atoms with Crippen LogP contribution in [0.5, 0.6) is 0 Å². The van der Waals surface area contributed by atoms with E-state index in [1.165, 1.54) is 7.11 Å². The van der Waals surface area contributed by atoms with Crippen LogP contribution in [0.1, 0.15) is 22.7 Å². The number of thioether (sulfide) groups is 1. The topological polar surface area (TPSA) is 67.4 Å². The summed E-state index contributed by atoms with van der Waals surface area (Å²) in [7, 11) is 1.35. The highest BCUT2D eigenvalue weighted by Crippen LogP contribution is 2.32. The highest BCUT2D eigenvalue weighted by atomic mass is 79.9. The zero-order valence-electron chi connectivity index (χ0n) is 15.8. The summed E-state index contributed by atoms with van der Waals surface area (Å²) in [4.78, 5) is 26.0. The minimum absolute atomic E-state index is 0.329. The molecule has 7 heteroatoms. The van der Waals surface area contributed by atoms with Crippen molar-refractivity contribution >= 4 is 39.7 Å². The molecule has 0 saturated heterocycles. The van der Waals surface area contributed by atoms with Gasteiger partial charge < -0.3 is 15.4 Å². The fourth-order valence-corrected chi connectivity index (χ4v) is 4.20. The summed E-state index contributed by atoms with van der Waals surface area (Å²) in [5.74, 6) is -0.00859. The molecule has 0 fully saturated rings. The molecule has 2 amide bonds. The monoisotopic (exact) mass is 460 g/mol. The first-order valence-corrected chi connectivity index (χ1v) is 10.5. The smallest absolute Gasteiger partial charge is 0.338 e. The second-order valence-electron chi connectivity index (χ2n) is 6.52. The van der Waals surface area contributed by atoms with Gasteiger partial charge in [-0.05, 0) is 49.2 Å². The van der Waals surface area contributed by atoms with Gasteiger partial charge in [0.1, 0.15) is 0 Å². The Kier molecular flexibility index (Phi) is 6.46. The molecule has 0 aromatic heterocycles. The Labute approximate surface area is 177 Å². The third kappa shape index (κ3) is 4.59. The first-order valence-electron chi connectivity index (χ1n) is 8.73. The molecule has 146 valence electrons. The normalized spacial score (nSPS) is 16.4. The van der Waals surface area contributed by atoms with Crippen molar-refractivity contribution in [2.45, 2.75) is 24.8 Å². The Balaban J connectivity index is 2.00. The highest BCUT2D eigenvalue weighted by molar-refractivity contribution is 9.10. The molecular formula is C21H21BrN2O3S. The van der Waals surface area contributed by atoms with E-state index in [4.69, 9.17) is 4.74 Å². The summed E-state index contributed by atoms with van der Waals surface area (Å²) in [6, 6.07) is 13.0. The van der Waals surface area contributed by atoms with Crippen molar-refractivity contribution in [3.63, 3.8) is 0 Å². The Bertz CT molecular complexity index is 941. The maximum absolute atomic E-state index is 12.6. The fraction of sp³-hybridized carbons (Fsp3) is 0.238. The summed E-state index contributed by atoms with van der Waals surface area (Å²) in [5, 5.41) is 5.67. The predicted octanol–water partition coefficient (Wildman–Crippen LogP) is 4.64. The van der Waals surface area contributed by atoms with E-state index < -0.39 is 12.0 Å². The Hall–Kier alpha value is -2.25. The van der Waals surface area contributed by atoms with Gasteiger partial charge in [-0.1, -0.05) is 39.7 Å². The second kappa shape index (κ2) is 8.84. The molecule has 0 radical (unpaired) electrons. The number of hydrogen-bond donors (Lipinski definition) is 2. The number of aryl methyl sites for hydroxylation is 2. The van der Waals surface area contributed by atoms with Gasteiger partial charge in [0.05, 0.1) is 18.7 Å². The maximum Gasteiger partial charge on any atom is 0.338 e. The molecule has 1 atom stereocenters. The van der Waals surface area contributed by atoms with E-state index in [2.05, 4.69) is 26.6 Å². The number of hydrogen-bond acceptors (Lipinski definition) is 4. The molecule has 2 aromatic carbocycles. The van der Waals surface area contributed by atoms with Crippen molar-refractivity contribution in [2.75, 3.05) is 12.9 Å². The van der Waals surface area contributed by atoms with Crippen LogP contribution >= 0.6 is 27.7 Å². The summed E-state index contributed by atoms with van der Waals surface area (Å²) in [6.45, 7) is 3.95. The van der Waals surface area contributed by atoms with E-state index in [-0.39, 0.29) is 6.03 Å². The first kappa shape index (κ1) is 20.5. The lowest BCUT2D eigenvalue weighted by molar-refractivity contribution is -0.136. The lowest BCUT2D eigenvalue weighted by Gasteiger charge is -2.30. The van der Waals surface area contributed by atoms with Crippen LogP contribution in [0.2, 0.25) is 0 Å². The average Bonchev–Trinajstić information content (AvgIpc) is 2.68. The number of amides is 2. The van der Waals surface area contributed by atoms with E-state index in [0.29, 0.717) is 17.0 Å². The summed E-state index contributed by atoms with van der Waals surface area (Å²) < 4.78 is 6.04. The number of ether oxygens (including phenoxy) is 1. The van der Waals surface area contributed by atoms with Crippen LogP contribution in [0.4, 0.5) is 4.79 Å². The van der Waals surface area contributed by atoms with Crippen molar-refractivity contribution in [3.05, 3.63) is 74.9 Å². The molecule has 2 aromatic rings. The molecule has 1 aliphatic rings. The van der Waals surface area contributed by atoms with Crippen molar-refractivity contribution in [1.82, 2.24) is 10.6 Å². The molecule has 28 heavy (non-hydrogen) atoms. The summed E-state index contributed by atoms with van der Waals surface area (Å²) >= 11 is 4.97. The largest absolute Gasteiger partial charge is 0.466 e. The Morgan fingerprint density at radius 3 is 2.57 bits per heavy atom. The Morgan fingerprint density at radius 1 is 1.18 bits per heavy atom. The van der Waals surface area contributed by atoms with Gasteiger partial charge in [0.15, 0.2) is 0 Å². The van der Waals surface area contributed by atoms with Crippen LogP contribution in [-0.4, -0.2) is 24.9 Å². The van der Waals surface area contributed by atoms with Gasteiger partial charge in [0.2, 0.25) is 0 Å². The molecular weight excluding hydrogens is 440 g/mol. The number of esters is 1. The first-order chi connectivity index (χ1) is 13.4. The molecule has 3 rings (SSSR count). The maximum atomic E-state index is 12.6. The van der Waals surface area contributed by atoms with Gasteiger partial charge in [-0.2, -0.15) is 0 Å².